The molecule has 7 heteroatoms. The van der Waals surface area contributed by atoms with Crippen LogP contribution in [0.15, 0.2) is 82.2 Å². The number of benzene rings is 2. The molecule has 0 saturated carbocycles. The Morgan fingerprint density at radius 3 is 2.64 bits per heavy atom. The van der Waals surface area contributed by atoms with Crippen LogP contribution in [-0.2, 0) is 11.3 Å². The van der Waals surface area contributed by atoms with Gasteiger partial charge in [-0.15, -0.1) is 16.8 Å². The molecule has 0 aliphatic heterocycles. The van der Waals surface area contributed by atoms with Gasteiger partial charge in [-0.3, -0.25) is 4.79 Å². The summed E-state index contributed by atoms with van der Waals surface area (Å²) in [5.41, 5.74) is 0.803. The molecule has 5 nitrogen and oxygen atoms in total. The molecule has 0 unspecified atom stereocenters. The van der Waals surface area contributed by atoms with Gasteiger partial charge in [-0.05, 0) is 38.1 Å². The topological polar surface area (TPSA) is 59.8 Å². The van der Waals surface area contributed by atoms with Gasteiger partial charge < -0.3 is 9.88 Å². The van der Waals surface area contributed by atoms with Gasteiger partial charge in [-0.2, -0.15) is 0 Å². The van der Waals surface area contributed by atoms with Gasteiger partial charge in [0, 0.05) is 16.3 Å². The SMILES string of the molecule is C=CCn1c(C)nnc1S[C@@H](C)C(=O)Nc1ccccc1Sc1ccccc1. The molecule has 1 aromatic heterocycles. The molecular weight excluding hydrogens is 388 g/mol. The summed E-state index contributed by atoms with van der Waals surface area (Å²) in [7, 11) is 0. The number of hydrogen-bond donors (Lipinski definition) is 1. The van der Waals surface area contributed by atoms with Crippen molar-refractivity contribution in [2.75, 3.05) is 5.32 Å². The minimum atomic E-state index is -0.318. The fourth-order valence-electron chi connectivity index (χ4n) is 2.51. The number of thioether (sulfide) groups is 1. The van der Waals surface area contributed by atoms with Gasteiger partial charge in [0.25, 0.3) is 0 Å². The summed E-state index contributed by atoms with van der Waals surface area (Å²) in [4.78, 5) is 14.9. The zero-order valence-electron chi connectivity index (χ0n) is 15.8. The van der Waals surface area contributed by atoms with E-state index in [2.05, 4.69) is 34.2 Å². The number of carbonyl (C=O) groups is 1. The van der Waals surface area contributed by atoms with E-state index < -0.39 is 0 Å². The van der Waals surface area contributed by atoms with Gasteiger partial charge >= 0.3 is 0 Å². The van der Waals surface area contributed by atoms with Crippen LogP contribution in [0, 0.1) is 6.92 Å². The predicted octanol–water partition coefficient (Wildman–Crippen LogP) is 5.04. The Hall–Kier alpha value is -2.51. The lowest BCUT2D eigenvalue weighted by Crippen LogP contribution is -2.23. The number of aromatic nitrogens is 3. The third kappa shape index (κ3) is 5.05. The average molecular weight is 411 g/mol. The standard InChI is InChI=1S/C21H22N4OS2/c1-4-14-25-16(3)23-24-21(25)27-15(2)20(26)22-18-12-8-9-13-19(18)28-17-10-6-5-7-11-17/h4-13,15H,1,14H2,2-3H3,(H,22,26)/t15-/m0/s1. The van der Waals surface area contributed by atoms with E-state index in [1.54, 1.807) is 17.8 Å². The predicted molar refractivity (Wildman–Crippen MR) is 116 cm³/mol. The van der Waals surface area contributed by atoms with E-state index in [0.717, 1.165) is 21.3 Å². The van der Waals surface area contributed by atoms with Crippen LogP contribution in [0.3, 0.4) is 0 Å². The second-order valence-electron chi connectivity index (χ2n) is 6.09. The highest BCUT2D eigenvalue weighted by Crippen LogP contribution is 2.33. The van der Waals surface area contributed by atoms with Crippen molar-refractivity contribution in [1.29, 1.82) is 0 Å². The maximum absolute atomic E-state index is 12.8. The first-order valence-corrected chi connectivity index (χ1v) is 10.6. The molecule has 0 aliphatic rings. The van der Waals surface area contributed by atoms with Crippen molar-refractivity contribution in [3.05, 3.63) is 73.1 Å². The number of rotatable bonds is 8. The Morgan fingerprint density at radius 2 is 1.89 bits per heavy atom. The van der Waals surface area contributed by atoms with Crippen LogP contribution in [0.4, 0.5) is 5.69 Å². The van der Waals surface area contributed by atoms with E-state index in [1.807, 2.05) is 60.9 Å². The number of para-hydroxylation sites is 1. The Balaban J connectivity index is 1.70. The number of amides is 1. The van der Waals surface area contributed by atoms with Gasteiger partial charge in [0.15, 0.2) is 5.16 Å². The monoisotopic (exact) mass is 410 g/mol. The molecule has 3 aromatic rings. The summed E-state index contributed by atoms with van der Waals surface area (Å²) in [6.07, 6.45) is 1.79. The zero-order valence-corrected chi connectivity index (χ0v) is 17.5. The highest BCUT2D eigenvalue weighted by Gasteiger charge is 2.20. The number of carbonyl (C=O) groups excluding carboxylic acids is 1. The molecule has 3 rings (SSSR count). The van der Waals surface area contributed by atoms with Crippen LogP contribution in [0.5, 0.6) is 0 Å². The fraction of sp³-hybridized carbons (Fsp3) is 0.190. The average Bonchev–Trinajstić information content (AvgIpc) is 3.04. The van der Waals surface area contributed by atoms with Crippen molar-refractivity contribution in [2.24, 2.45) is 0 Å². The van der Waals surface area contributed by atoms with E-state index in [9.17, 15) is 4.79 Å². The molecule has 1 N–H and O–H groups in total. The number of nitrogens with zero attached hydrogens (tertiary/aromatic N) is 3. The molecule has 1 amide bonds. The summed E-state index contributed by atoms with van der Waals surface area (Å²) < 4.78 is 1.95. The summed E-state index contributed by atoms with van der Waals surface area (Å²) in [6.45, 7) is 8.14. The number of allylic oxidation sites excluding steroid dienone is 1. The minimum Gasteiger partial charge on any atom is -0.324 e. The van der Waals surface area contributed by atoms with Crippen molar-refractivity contribution in [3.63, 3.8) is 0 Å². The van der Waals surface area contributed by atoms with E-state index in [4.69, 9.17) is 0 Å². The van der Waals surface area contributed by atoms with Crippen molar-refractivity contribution in [3.8, 4) is 0 Å². The van der Waals surface area contributed by atoms with Crippen molar-refractivity contribution >= 4 is 35.1 Å². The van der Waals surface area contributed by atoms with Gasteiger partial charge in [0.05, 0.1) is 10.9 Å². The third-order valence-corrected chi connectivity index (χ3v) is 6.15. The summed E-state index contributed by atoms with van der Waals surface area (Å²) in [5.74, 6) is 0.733. The van der Waals surface area contributed by atoms with Crippen molar-refractivity contribution in [1.82, 2.24) is 14.8 Å². The molecule has 28 heavy (non-hydrogen) atoms. The van der Waals surface area contributed by atoms with Gasteiger partial charge in [-0.1, -0.05) is 59.9 Å². The molecule has 0 bridgehead atoms. The highest BCUT2D eigenvalue weighted by molar-refractivity contribution is 8.00. The minimum absolute atomic E-state index is 0.0723. The maximum Gasteiger partial charge on any atom is 0.237 e. The van der Waals surface area contributed by atoms with Crippen molar-refractivity contribution in [2.45, 2.75) is 40.6 Å². The summed E-state index contributed by atoms with van der Waals surface area (Å²) >= 11 is 3.02. The molecule has 0 aliphatic carbocycles. The Bertz CT molecular complexity index is 956. The molecule has 1 atom stereocenters. The molecule has 0 radical (unpaired) electrons. The van der Waals surface area contributed by atoms with Crippen LogP contribution >= 0.6 is 23.5 Å². The second-order valence-corrected chi connectivity index (χ2v) is 8.51. The third-order valence-electron chi connectivity index (χ3n) is 3.98. The lowest BCUT2D eigenvalue weighted by atomic mass is 10.3. The molecule has 0 fully saturated rings. The van der Waals surface area contributed by atoms with Crippen LogP contribution in [0.25, 0.3) is 0 Å². The second kappa shape index (κ2) is 9.61. The molecule has 2 aromatic carbocycles. The quantitative estimate of drug-likeness (QED) is 0.416. The summed E-state index contributed by atoms with van der Waals surface area (Å²) in [5, 5.41) is 11.7. The van der Waals surface area contributed by atoms with Gasteiger partial charge in [0.1, 0.15) is 5.82 Å². The van der Waals surface area contributed by atoms with Crippen LogP contribution in [0.1, 0.15) is 12.7 Å². The van der Waals surface area contributed by atoms with E-state index >= 15 is 0 Å². The maximum atomic E-state index is 12.8. The van der Waals surface area contributed by atoms with Crippen LogP contribution in [-0.4, -0.2) is 25.9 Å². The molecule has 0 saturated heterocycles. The fourth-order valence-corrected chi connectivity index (χ4v) is 4.34. The smallest absolute Gasteiger partial charge is 0.237 e. The molecule has 0 spiro atoms. The molecule has 1 heterocycles. The molecule has 144 valence electrons. The van der Waals surface area contributed by atoms with E-state index in [1.165, 1.54) is 11.8 Å². The van der Waals surface area contributed by atoms with Gasteiger partial charge in [-0.25, -0.2) is 0 Å². The number of hydrogen-bond acceptors (Lipinski definition) is 5. The Labute approximate surface area is 173 Å². The largest absolute Gasteiger partial charge is 0.324 e. The van der Waals surface area contributed by atoms with E-state index in [0.29, 0.717) is 11.7 Å². The number of anilines is 1. The van der Waals surface area contributed by atoms with Crippen molar-refractivity contribution < 1.29 is 4.79 Å². The first-order chi connectivity index (χ1) is 13.6. The zero-order chi connectivity index (χ0) is 19.9. The van der Waals surface area contributed by atoms with Crippen LogP contribution in [0.2, 0.25) is 0 Å². The number of nitrogens with one attached hydrogen (secondary N) is 1. The number of aryl methyl sites for hydroxylation is 1. The van der Waals surface area contributed by atoms with Gasteiger partial charge in [0.2, 0.25) is 5.91 Å². The normalized spacial score (nSPS) is 11.8. The first kappa shape index (κ1) is 20.2. The highest BCUT2D eigenvalue weighted by atomic mass is 32.2. The lowest BCUT2D eigenvalue weighted by molar-refractivity contribution is -0.115. The summed E-state index contributed by atoms with van der Waals surface area (Å²) in [6, 6.07) is 17.9. The van der Waals surface area contributed by atoms with Crippen LogP contribution < -0.4 is 5.32 Å². The molecular formula is C21H22N4OS2. The van der Waals surface area contributed by atoms with E-state index in [-0.39, 0.29) is 11.2 Å². The Morgan fingerprint density at radius 1 is 1.18 bits per heavy atom. The first-order valence-electron chi connectivity index (χ1n) is 8.88. The lowest BCUT2D eigenvalue weighted by Gasteiger charge is -2.14. The Kier molecular flexibility index (Phi) is 6.95.